The van der Waals surface area contributed by atoms with E-state index in [1.54, 1.807) is 10.4 Å². The van der Waals surface area contributed by atoms with E-state index in [1.807, 2.05) is 6.92 Å². The van der Waals surface area contributed by atoms with Crippen molar-refractivity contribution in [3.8, 4) is 0 Å². The van der Waals surface area contributed by atoms with E-state index >= 15 is 0 Å². The molecule has 1 fully saturated rings. The number of nitrogens with zero attached hydrogens (tertiary/aromatic N) is 1. The highest BCUT2D eigenvalue weighted by Gasteiger charge is 2.33. The van der Waals surface area contributed by atoms with Crippen LogP contribution in [0.5, 0.6) is 0 Å². The molecule has 3 nitrogen and oxygen atoms in total. The molecule has 0 aromatic carbocycles. The van der Waals surface area contributed by atoms with Crippen LogP contribution in [0.2, 0.25) is 0 Å². The highest BCUT2D eigenvalue weighted by atomic mass is 35.5. The van der Waals surface area contributed by atoms with Crippen LogP contribution in [-0.4, -0.2) is 25.3 Å². The van der Waals surface area contributed by atoms with Crippen molar-refractivity contribution in [2.75, 3.05) is 6.54 Å². The molecule has 0 spiro atoms. The molecule has 0 saturated carbocycles. The predicted molar refractivity (Wildman–Crippen MR) is 80.4 cm³/mol. The van der Waals surface area contributed by atoms with E-state index in [-0.39, 0.29) is 6.04 Å². The van der Waals surface area contributed by atoms with E-state index in [1.165, 1.54) is 11.3 Å². The minimum Gasteiger partial charge on any atom is -0.206 e. The first-order chi connectivity index (χ1) is 9.00. The monoisotopic (exact) mass is 321 g/mol. The molecule has 0 amide bonds. The Labute approximate surface area is 124 Å². The summed E-state index contributed by atoms with van der Waals surface area (Å²) in [5.74, 6) is 0.378. The van der Waals surface area contributed by atoms with Crippen molar-refractivity contribution in [1.82, 2.24) is 4.31 Å². The first kappa shape index (κ1) is 15.3. The van der Waals surface area contributed by atoms with Crippen molar-refractivity contribution >= 4 is 33.0 Å². The van der Waals surface area contributed by atoms with Crippen LogP contribution in [-0.2, 0) is 15.9 Å². The van der Waals surface area contributed by atoms with Gasteiger partial charge in [0.05, 0.1) is 5.88 Å². The maximum absolute atomic E-state index is 12.7. The number of alkyl halides is 1. The van der Waals surface area contributed by atoms with Crippen LogP contribution in [0.1, 0.15) is 43.0 Å². The topological polar surface area (TPSA) is 37.4 Å². The van der Waals surface area contributed by atoms with Gasteiger partial charge in [0.25, 0.3) is 10.0 Å². The number of hydrogen-bond acceptors (Lipinski definition) is 3. The number of hydrogen-bond donors (Lipinski definition) is 0. The van der Waals surface area contributed by atoms with Crippen molar-refractivity contribution in [3.05, 3.63) is 16.5 Å². The maximum Gasteiger partial charge on any atom is 0.252 e. The Balaban J connectivity index is 2.34. The van der Waals surface area contributed by atoms with Gasteiger partial charge < -0.3 is 0 Å². The zero-order valence-electron chi connectivity index (χ0n) is 11.4. The molecule has 1 unspecified atom stereocenters. The van der Waals surface area contributed by atoms with Gasteiger partial charge in [0, 0.05) is 17.5 Å². The van der Waals surface area contributed by atoms with Crippen LogP contribution in [0.3, 0.4) is 0 Å². The standard InChI is InChI=1S/C13H20ClNO2S2/c1-3-11-6-4-5-7-15(11)19(16,17)13-8-10(2)12(9-14)18-13/h8,11H,3-7,9H2,1-2H3. The molecule has 19 heavy (non-hydrogen) atoms. The van der Waals surface area contributed by atoms with Crippen LogP contribution >= 0.6 is 22.9 Å². The van der Waals surface area contributed by atoms with Gasteiger partial charge >= 0.3 is 0 Å². The third kappa shape index (κ3) is 2.99. The summed E-state index contributed by atoms with van der Waals surface area (Å²) in [7, 11) is -3.34. The van der Waals surface area contributed by atoms with Crippen molar-refractivity contribution in [1.29, 1.82) is 0 Å². The predicted octanol–water partition coefficient (Wildman–Crippen LogP) is 3.75. The molecule has 1 aliphatic heterocycles. The molecule has 0 aliphatic carbocycles. The first-order valence-electron chi connectivity index (χ1n) is 6.67. The molecule has 6 heteroatoms. The second kappa shape index (κ2) is 6.12. The minimum absolute atomic E-state index is 0.153. The highest BCUT2D eigenvalue weighted by molar-refractivity contribution is 7.91. The molecular formula is C13H20ClNO2S2. The molecule has 108 valence electrons. The van der Waals surface area contributed by atoms with Gasteiger partial charge in [-0.25, -0.2) is 8.42 Å². The lowest BCUT2D eigenvalue weighted by atomic mass is 10.0. The first-order valence-corrected chi connectivity index (χ1v) is 9.47. The summed E-state index contributed by atoms with van der Waals surface area (Å²) in [6.45, 7) is 4.62. The van der Waals surface area contributed by atoms with Gasteiger partial charge in [0.1, 0.15) is 4.21 Å². The van der Waals surface area contributed by atoms with Crippen molar-refractivity contribution in [2.24, 2.45) is 0 Å². The normalized spacial score (nSPS) is 21.7. The summed E-state index contributed by atoms with van der Waals surface area (Å²) in [6, 6.07) is 1.92. The summed E-state index contributed by atoms with van der Waals surface area (Å²) in [5.41, 5.74) is 0.976. The molecule has 1 atom stereocenters. The third-order valence-corrected chi connectivity index (χ3v) is 7.79. The average molecular weight is 322 g/mol. The van der Waals surface area contributed by atoms with E-state index in [2.05, 4.69) is 6.92 Å². The summed E-state index contributed by atoms with van der Waals surface area (Å²) in [5, 5.41) is 0. The van der Waals surface area contributed by atoms with Gasteiger partial charge in [-0.3, -0.25) is 0 Å². The molecule has 2 heterocycles. The zero-order valence-corrected chi connectivity index (χ0v) is 13.7. The Kier molecular flexibility index (Phi) is 4.93. The highest BCUT2D eigenvalue weighted by Crippen LogP contribution is 2.33. The molecule has 0 bridgehead atoms. The Morgan fingerprint density at radius 3 is 2.79 bits per heavy atom. The van der Waals surface area contributed by atoms with Gasteiger partial charge in [-0.15, -0.1) is 22.9 Å². The molecule has 1 saturated heterocycles. The Bertz CT molecular complexity index is 539. The Morgan fingerprint density at radius 1 is 1.47 bits per heavy atom. The number of aryl methyl sites for hydroxylation is 1. The minimum atomic E-state index is -3.34. The maximum atomic E-state index is 12.7. The van der Waals surface area contributed by atoms with Crippen LogP contribution in [0.15, 0.2) is 10.3 Å². The van der Waals surface area contributed by atoms with Crippen LogP contribution in [0.4, 0.5) is 0 Å². The van der Waals surface area contributed by atoms with E-state index in [0.29, 0.717) is 16.6 Å². The second-order valence-electron chi connectivity index (χ2n) is 4.98. The third-order valence-electron chi connectivity index (χ3n) is 3.73. The van der Waals surface area contributed by atoms with E-state index in [9.17, 15) is 8.42 Å². The van der Waals surface area contributed by atoms with Crippen LogP contribution in [0.25, 0.3) is 0 Å². The summed E-state index contributed by atoms with van der Waals surface area (Å²) < 4.78 is 27.6. The largest absolute Gasteiger partial charge is 0.252 e. The quantitative estimate of drug-likeness (QED) is 0.792. The molecule has 1 aliphatic rings. The molecule has 1 aromatic rings. The number of halogens is 1. The van der Waals surface area contributed by atoms with Crippen LogP contribution < -0.4 is 0 Å². The number of thiophene rings is 1. The summed E-state index contributed by atoms with van der Waals surface area (Å²) in [4.78, 5) is 0.949. The lowest BCUT2D eigenvalue weighted by Crippen LogP contribution is -2.42. The van der Waals surface area contributed by atoms with E-state index in [0.717, 1.165) is 36.1 Å². The van der Waals surface area contributed by atoms with Crippen molar-refractivity contribution in [3.63, 3.8) is 0 Å². The lowest BCUT2D eigenvalue weighted by Gasteiger charge is -2.33. The van der Waals surface area contributed by atoms with Crippen molar-refractivity contribution < 1.29 is 8.42 Å². The SMILES string of the molecule is CCC1CCCCN1S(=O)(=O)c1cc(C)c(CCl)s1. The smallest absolute Gasteiger partial charge is 0.206 e. The fraction of sp³-hybridized carbons (Fsp3) is 0.692. The summed E-state index contributed by atoms with van der Waals surface area (Å²) in [6.07, 6.45) is 3.94. The average Bonchev–Trinajstić information content (AvgIpc) is 2.80. The summed E-state index contributed by atoms with van der Waals surface area (Å²) >= 11 is 7.15. The lowest BCUT2D eigenvalue weighted by molar-refractivity contribution is 0.247. The number of piperidine rings is 1. The molecular weight excluding hydrogens is 302 g/mol. The number of rotatable bonds is 4. The zero-order chi connectivity index (χ0) is 14.0. The fourth-order valence-corrected chi connectivity index (χ4v) is 6.27. The Morgan fingerprint density at radius 2 is 2.21 bits per heavy atom. The fourth-order valence-electron chi connectivity index (χ4n) is 2.56. The van der Waals surface area contributed by atoms with Gasteiger partial charge in [0.15, 0.2) is 0 Å². The van der Waals surface area contributed by atoms with Gasteiger partial charge in [-0.2, -0.15) is 4.31 Å². The van der Waals surface area contributed by atoms with E-state index < -0.39 is 10.0 Å². The molecule has 2 rings (SSSR count). The molecule has 1 aromatic heterocycles. The van der Waals surface area contributed by atoms with E-state index in [4.69, 9.17) is 11.6 Å². The van der Waals surface area contributed by atoms with Gasteiger partial charge in [-0.05, 0) is 37.8 Å². The molecule has 0 radical (unpaired) electrons. The molecule has 0 N–H and O–H groups in total. The number of sulfonamides is 1. The van der Waals surface area contributed by atoms with Crippen LogP contribution in [0, 0.1) is 6.92 Å². The Hall–Kier alpha value is -0.100. The second-order valence-corrected chi connectivity index (χ2v) is 8.50. The van der Waals surface area contributed by atoms with Crippen molar-refractivity contribution in [2.45, 2.75) is 55.7 Å². The van der Waals surface area contributed by atoms with Gasteiger partial charge in [0.2, 0.25) is 0 Å². The van der Waals surface area contributed by atoms with Gasteiger partial charge in [-0.1, -0.05) is 13.3 Å².